The molecular weight excluding hydrogens is 419 g/mol. The number of hydrogen-bond donors (Lipinski definition) is 2. The Hall–Kier alpha value is -2.52. The third-order valence-corrected chi connectivity index (χ3v) is 6.05. The van der Waals surface area contributed by atoms with Crippen LogP contribution in [0.5, 0.6) is 0 Å². The highest BCUT2D eigenvalue weighted by Gasteiger charge is 2.14. The Balaban J connectivity index is 2.37. The Kier molecular flexibility index (Phi) is 11.1. The van der Waals surface area contributed by atoms with Gasteiger partial charge in [0, 0.05) is 23.9 Å². The first-order chi connectivity index (χ1) is 15.5. The van der Waals surface area contributed by atoms with E-state index in [2.05, 4.69) is 49.4 Å². The SMILES string of the molecule is C=CCC(=C\C(=C)NC1CCCCC1)/C(/C=C\NC=C)=C/C(CC)c1ccc(Cl)c(F)c1. The van der Waals surface area contributed by atoms with Gasteiger partial charge in [-0.3, -0.25) is 0 Å². The maximum absolute atomic E-state index is 14.1. The van der Waals surface area contributed by atoms with E-state index >= 15 is 0 Å². The minimum Gasteiger partial charge on any atom is -0.383 e. The van der Waals surface area contributed by atoms with Crippen LogP contribution in [0, 0.1) is 5.82 Å². The average Bonchev–Trinajstić information content (AvgIpc) is 2.78. The van der Waals surface area contributed by atoms with Gasteiger partial charge in [-0.25, -0.2) is 4.39 Å². The third-order valence-electron chi connectivity index (χ3n) is 5.75. The van der Waals surface area contributed by atoms with Crippen molar-refractivity contribution >= 4 is 11.6 Å². The lowest BCUT2D eigenvalue weighted by molar-refractivity contribution is 0.399. The van der Waals surface area contributed by atoms with Gasteiger partial charge in [-0.05, 0) is 72.9 Å². The van der Waals surface area contributed by atoms with Crippen LogP contribution in [0.25, 0.3) is 0 Å². The Bertz CT molecular complexity index is 875. The van der Waals surface area contributed by atoms with E-state index in [1.165, 1.54) is 38.2 Å². The first-order valence-electron chi connectivity index (χ1n) is 11.5. The lowest BCUT2D eigenvalue weighted by atomic mass is 9.90. The molecule has 0 aliphatic heterocycles. The fourth-order valence-electron chi connectivity index (χ4n) is 4.06. The molecule has 1 aromatic rings. The number of benzene rings is 1. The molecule has 1 fully saturated rings. The summed E-state index contributed by atoms with van der Waals surface area (Å²) in [6, 6.07) is 5.52. The fraction of sp³-hybridized carbons (Fsp3) is 0.357. The van der Waals surface area contributed by atoms with Crippen LogP contribution in [-0.4, -0.2) is 6.04 Å². The standard InChI is InChI=1S/C28H36ClFN2/c1-5-11-23(18-21(4)32-26-12-9-8-10-13-26)25(16-17-31-7-3)19-22(6-2)24-14-15-27(29)28(30)20-24/h5,7,14-20,22,26,31-32H,1,3-4,6,8-13H2,2H3/b17-16-,23-18+,25-19+. The van der Waals surface area contributed by atoms with Gasteiger partial charge >= 0.3 is 0 Å². The summed E-state index contributed by atoms with van der Waals surface area (Å²) in [5, 5.41) is 6.75. The first kappa shape index (κ1) is 25.7. The van der Waals surface area contributed by atoms with Crippen LogP contribution in [-0.2, 0) is 0 Å². The number of nitrogens with one attached hydrogen (secondary N) is 2. The molecule has 1 saturated carbocycles. The summed E-state index contributed by atoms with van der Waals surface area (Å²) in [6.45, 7) is 14.0. The number of rotatable bonds is 12. The van der Waals surface area contributed by atoms with Gasteiger partial charge in [0.25, 0.3) is 0 Å². The lowest BCUT2D eigenvalue weighted by Crippen LogP contribution is -2.29. The van der Waals surface area contributed by atoms with Gasteiger partial charge in [-0.1, -0.05) is 69.2 Å². The smallest absolute Gasteiger partial charge is 0.142 e. The molecule has 4 heteroatoms. The highest BCUT2D eigenvalue weighted by molar-refractivity contribution is 6.30. The monoisotopic (exact) mass is 454 g/mol. The quantitative estimate of drug-likeness (QED) is 0.246. The number of allylic oxidation sites excluding steroid dienone is 6. The zero-order valence-electron chi connectivity index (χ0n) is 19.2. The Morgan fingerprint density at radius 3 is 2.62 bits per heavy atom. The average molecular weight is 455 g/mol. The van der Waals surface area contributed by atoms with Crippen LogP contribution in [0.1, 0.15) is 63.4 Å². The topological polar surface area (TPSA) is 24.1 Å². The van der Waals surface area contributed by atoms with E-state index < -0.39 is 5.82 Å². The van der Waals surface area contributed by atoms with Crippen molar-refractivity contribution in [2.45, 2.75) is 63.8 Å². The summed E-state index contributed by atoms with van der Waals surface area (Å²) < 4.78 is 14.1. The molecule has 1 atom stereocenters. The minimum atomic E-state index is -0.395. The van der Waals surface area contributed by atoms with E-state index in [1.807, 2.05) is 24.4 Å². The van der Waals surface area contributed by atoms with Gasteiger partial charge in [-0.15, -0.1) is 6.58 Å². The van der Waals surface area contributed by atoms with Crippen molar-refractivity contribution in [3.63, 3.8) is 0 Å². The Morgan fingerprint density at radius 2 is 2.00 bits per heavy atom. The van der Waals surface area contributed by atoms with E-state index in [1.54, 1.807) is 12.3 Å². The predicted molar refractivity (Wildman–Crippen MR) is 137 cm³/mol. The van der Waals surface area contributed by atoms with Crippen LogP contribution in [0.4, 0.5) is 4.39 Å². The maximum atomic E-state index is 14.1. The molecule has 1 unspecified atom stereocenters. The molecule has 2 rings (SSSR count). The predicted octanol–water partition coefficient (Wildman–Crippen LogP) is 8.08. The maximum Gasteiger partial charge on any atom is 0.142 e. The van der Waals surface area contributed by atoms with Crippen LogP contribution in [0.3, 0.4) is 0 Å². The molecule has 32 heavy (non-hydrogen) atoms. The number of hydrogen-bond acceptors (Lipinski definition) is 2. The third kappa shape index (κ3) is 8.20. The summed E-state index contributed by atoms with van der Waals surface area (Å²) in [4.78, 5) is 0. The Labute approximate surface area is 198 Å². The van der Waals surface area contributed by atoms with Gasteiger partial charge in [0.05, 0.1) is 5.02 Å². The minimum absolute atomic E-state index is 0.0398. The zero-order chi connectivity index (χ0) is 23.3. The van der Waals surface area contributed by atoms with E-state index in [4.69, 9.17) is 11.6 Å². The van der Waals surface area contributed by atoms with Crippen LogP contribution in [0.2, 0.25) is 5.02 Å². The lowest BCUT2D eigenvalue weighted by Gasteiger charge is -2.24. The molecule has 0 heterocycles. The van der Waals surface area contributed by atoms with Crippen molar-refractivity contribution in [2.75, 3.05) is 0 Å². The molecule has 1 aromatic carbocycles. The van der Waals surface area contributed by atoms with E-state index in [-0.39, 0.29) is 10.9 Å². The molecule has 1 aliphatic carbocycles. The second-order valence-corrected chi connectivity index (χ2v) is 8.59. The normalized spacial score (nSPS) is 16.6. The van der Waals surface area contributed by atoms with E-state index in [0.717, 1.165) is 28.8 Å². The van der Waals surface area contributed by atoms with Crippen LogP contribution in [0.15, 0.2) is 91.5 Å². The highest BCUT2D eigenvalue weighted by atomic mass is 35.5. The van der Waals surface area contributed by atoms with Gasteiger partial charge in [0.1, 0.15) is 5.82 Å². The van der Waals surface area contributed by atoms with Crippen molar-refractivity contribution in [2.24, 2.45) is 0 Å². The zero-order valence-corrected chi connectivity index (χ0v) is 19.9. The van der Waals surface area contributed by atoms with Gasteiger partial charge in [0.15, 0.2) is 0 Å². The van der Waals surface area contributed by atoms with E-state index in [0.29, 0.717) is 12.5 Å². The van der Waals surface area contributed by atoms with Crippen LogP contribution >= 0.6 is 11.6 Å². The molecule has 0 bridgehead atoms. The second kappa shape index (κ2) is 13.8. The fourth-order valence-corrected chi connectivity index (χ4v) is 4.18. The van der Waals surface area contributed by atoms with Crippen molar-refractivity contribution in [1.29, 1.82) is 0 Å². The van der Waals surface area contributed by atoms with Crippen molar-refractivity contribution in [3.05, 3.63) is 108 Å². The molecule has 172 valence electrons. The Morgan fingerprint density at radius 1 is 1.25 bits per heavy atom. The van der Waals surface area contributed by atoms with Crippen molar-refractivity contribution < 1.29 is 4.39 Å². The molecular formula is C28H36ClFN2. The summed E-state index contributed by atoms with van der Waals surface area (Å²) in [5.74, 6) is -0.355. The molecule has 1 aliphatic rings. The molecule has 2 N–H and O–H groups in total. The van der Waals surface area contributed by atoms with Gasteiger partial charge in [-0.2, -0.15) is 0 Å². The molecule has 0 saturated heterocycles. The molecule has 0 amide bonds. The van der Waals surface area contributed by atoms with Gasteiger partial charge < -0.3 is 10.6 Å². The van der Waals surface area contributed by atoms with Gasteiger partial charge in [0.2, 0.25) is 0 Å². The first-order valence-corrected chi connectivity index (χ1v) is 11.8. The van der Waals surface area contributed by atoms with Crippen molar-refractivity contribution in [3.8, 4) is 0 Å². The largest absolute Gasteiger partial charge is 0.383 e. The molecule has 2 nitrogen and oxygen atoms in total. The molecule has 0 radical (unpaired) electrons. The summed E-state index contributed by atoms with van der Waals surface area (Å²) in [5.41, 5.74) is 3.95. The molecule has 0 spiro atoms. The summed E-state index contributed by atoms with van der Waals surface area (Å²) >= 11 is 5.89. The second-order valence-electron chi connectivity index (χ2n) is 8.18. The number of halogens is 2. The van der Waals surface area contributed by atoms with Crippen LogP contribution < -0.4 is 10.6 Å². The summed E-state index contributed by atoms with van der Waals surface area (Å²) in [6.07, 6.45) is 19.4. The summed E-state index contributed by atoms with van der Waals surface area (Å²) in [7, 11) is 0. The molecule has 0 aromatic heterocycles. The highest BCUT2D eigenvalue weighted by Crippen LogP contribution is 2.29. The van der Waals surface area contributed by atoms with Crippen molar-refractivity contribution in [1.82, 2.24) is 10.6 Å². The van der Waals surface area contributed by atoms with E-state index in [9.17, 15) is 4.39 Å².